The van der Waals surface area contributed by atoms with Gasteiger partial charge >= 0.3 is 0 Å². The lowest BCUT2D eigenvalue weighted by atomic mass is 9.97. The van der Waals surface area contributed by atoms with E-state index in [4.69, 9.17) is 5.73 Å². The van der Waals surface area contributed by atoms with Crippen molar-refractivity contribution in [3.63, 3.8) is 0 Å². The maximum absolute atomic E-state index is 12.9. The maximum Gasteiger partial charge on any atom is 0.257 e. The molecule has 176 valence electrons. The summed E-state index contributed by atoms with van der Waals surface area (Å²) in [4.78, 5) is 30.1. The number of hydrogen-bond donors (Lipinski definition) is 3. The molecular formula is C28H28N6O. The summed E-state index contributed by atoms with van der Waals surface area (Å²) in [6, 6.07) is 16.5. The maximum atomic E-state index is 12.9. The number of nitrogens with zero attached hydrogens (tertiary/aromatic N) is 3. The van der Waals surface area contributed by atoms with Crippen molar-refractivity contribution in [2.45, 2.75) is 19.4 Å². The Balaban J connectivity index is 1.31. The van der Waals surface area contributed by atoms with Crippen LogP contribution in [0.2, 0.25) is 0 Å². The molecule has 0 atom stereocenters. The van der Waals surface area contributed by atoms with Crippen LogP contribution in [0, 0.1) is 5.92 Å². The van der Waals surface area contributed by atoms with E-state index in [1.54, 1.807) is 12.4 Å². The standard InChI is InChI=1S/C28H28N6O/c29-13-18-5-7-34(8-6-18)16-19-1-3-25-21(9-19)12-27(32-25)24-11-22-10-20(23-14-30-17-31-15-23)2-4-26(22)33-28(24)35/h1-4,9-12,14-15,17-18,32H,5-8,13,16,29H2,(H,33,35). The first-order valence-electron chi connectivity index (χ1n) is 12.1. The Hall–Kier alpha value is -3.81. The largest absolute Gasteiger partial charge is 0.354 e. The van der Waals surface area contributed by atoms with Crippen LogP contribution in [0.1, 0.15) is 18.4 Å². The Kier molecular flexibility index (Phi) is 5.64. The van der Waals surface area contributed by atoms with Crippen LogP contribution in [0.25, 0.3) is 44.2 Å². The molecule has 6 rings (SSSR count). The summed E-state index contributed by atoms with van der Waals surface area (Å²) in [5.41, 5.74) is 12.2. The molecule has 1 aliphatic rings. The van der Waals surface area contributed by atoms with Gasteiger partial charge in [0.25, 0.3) is 5.56 Å². The van der Waals surface area contributed by atoms with E-state index in [9.17, 15) is 4.79 Å². The number of hydrogen-bond acceptors (Lipinski definition) is 5. The van der Waals surface area contributed by atoms with Crippen LogP contribution in [-0.2, 0) is 6.54 Å². The van der Waals surface area contributed by atoms with Gasteiger partial charge in [0, 0.05) is 40.9 Å². The molecule has 35 heavy (non-hydrogen) atoms. The SMILES string of the molecule is NCC1CCN(Cc2ccc3[nH]c(-c4cc5cc(-c6cncnc6)ccc5[nH]c4=O)cc3c2)CC1. The predicted octanol–water partition coefficient (Wildman–Crippen LogP) is 4.30. The highest BCUT2D eigenvalue weighted by molar-refractivity contribution is 5.90. The summed E-state index contributed by atoms with van der Waals surface area (Å²) in [5, 5.41) is 2.07. The highest BCUT2D eigenvalue weighted by Crippen LogP contribution is 2.28. The average molecular weight is 465 g/mol. The summed E-state index contributed by atoms with van der Waals surface area (Å²) >= 11 is 0. The predicted molar refractivity (Wildman–Crippen MR) is 140 cm³/mol. The number of benzene rings is 2. The lowest BCUT2D eigenvalue weighted by Crippen LogP contribution is -2.35. The Labute approximate surface area is 203 Å². The third kappa shape index (κ3) is 4.36. The highest BCUT2D eigenvalue weighted by Gasteiger charge is 2.18. The van der Waals surface area contributed by atoms with E-state index in [0.29, 0.717) is 11.5 Å². The minimum Gasteiger partial charge on any atom is -0.354 e. The minimum atomic E-state index is -0.108. The molecule has 0 radical (unpaired) electrons. The van der Waals surface area contributed by atoms with Crippen LogP contribution in [0.15, 0.2) is 72.0 Å². The lowest BCUT2D eigenvalue weighted by molar-refractivity contribution is 0.180. The van der Waals surface area contributed by atoms with E-state index in [1.807, 2.05) is 18.2 Å². The fourth-order valence-electron chi connectivity index (χ4n) is 5.10. The third-order valence-corrected chi connectivity index (χ3v) is 7.16. The number of fused-ring (bicyclic) bond motifs is 2. The van der Waals surface area contributed by atoms with Gasteiger partial charge in [-0.05, 0) is 91.3 Å². The first-order chi connectivity index (χ1) is 17.2. The van der Waals surface area contributed by atoms with Gasteiger partial charge < -0.3 is 15.7 Å². The van der Waals surface area contributed by atoms with Crippen LogP contribution in [-0.4, -0.2) is 44.5 Å². The van der Waals surface area contributed by atoms with Crippen molar-refractivity contribution in [3.8, 4) is 22.4 Å². The number of pyridine rings is 1. The second-order valence-electron chi connectivity index (χ2n) is 9.50. The molecule has 0 amide bonds. The number of piperidine rings is 1. The van der Waals surface area contributed by atoms with E-state index < -0.39 is 0 Å². The Morgan fingerprint density at radius 3 is 2.43 bits per heavy atom. The second kappa shape index (κ2) is 9.09. The van der Waals surface area contributed by atoms with Crippen molar-refractivity contribution in [1.29, 1.82) is 0 Å². The van der Waals surface area contributed by atoms with Gasteiger partial charge in [0.2, 0.25) is 0 Å². The Morgan fingerprint density at radius 2 is 1.63 bits per heavy atom. The molecule has 1 aliphatic heterocycles. The zero-order valence-electron chi connectivity index (χ0n) is 19.5. The normalized spacial score (nSPS) is 15.2. The van der Waals surface area contributed by atoms with Gasteiger partial charge in [-0.1, -0.05) is 12.1 Å². The number of aromatic amines is 2. The number of aromatic nitrogens is 4. The summed E-state index contributed by atoms with van der Waals surface area (Å²) in [7, 11) is 0. The van der Waals surface area contributed by atoms with Crippen molar-refractivity contribution < 1.29 is 0 Å². The van der Waals surface area contributed by atoms with Gasteiger partial charge in [-0.15, -0.1) is 0 Å². The summed E-state index contributed by atoms with van der Waals surface area (Å²) in [5.74, 6) is 0.665. The van der Waals surface area contributed by atoms with Gasteiger partial charge in [-0.2, -0.15) is 0 Å². The number of nitrogens with one attached hydrogen (secondary N) is 2. The van der Waals surface area contributed by atoms with Gasteiger partial charge in [0.05, 0.1) is 11.3 Å². The molecule has 4 N–H and O–H groups in total. The first kappa shape index (κ1) is 21.7. The average Bonchev–Trinajstić information content (AvgIpc) is 3.32. The van der Waals surface area contributed by atoms with Crippen LogP contribution in [0.4, 0.5) is 0 Å². The molecule has 0 unspecified atom stereocenters. The van der Waals surface area contributed by atoms with Crippen LogP contribution in [0.3, 0.4) is 0 Å². The van der Waals surface area contributed by atoms with Crippen molar-refractivity contribution in [1.82, 2.24) is 24.8 Å². The molecule has 0 saturated carbocycles. The fourth-order valence-corrected chi connectivity index (χ4v) is 5.10. The number of rotatable bonds is 5. The zero-order chi connectivity index (χ0) is 23.8. The number of nitrogens with two attached hydrogens (primary N) is 1. The summed E-state index contributed by atoms with van der Waals surface area (Å²) in [6.07, 6.45) is 7.45. The van der Waals surface area contributed by atoms with Crippen molar-refractivity contribution in [2.24, 2.45) is 11.7 Å². The molecule has 0 aliphatic carbocycles. The highest BCUT2D eigenvalue weighted by atomic mass is 16.1. The molecule has 7 heteroatoms. The van der Waals surface area contributed by atoms with E-state index in [1.165, 1.54) is 24.7 Å². The van der Waals surface area contributed by atoms with Crippen molar-refractivity contribution >= 4 is 21.8 Å². The monoisotopic (exact) mass is 464 g/mol. The van der Waals surface area contributed by atoms with Crippen LogP contribution in [0.5, 0.6) is 0 Å². The van der Waals surface area contributed by atoms with E-state index >= 15 is 0 Å². The molecule has 0 bridgehead atoms. The van der Waals surface area contributed by atoms with Crippen LogP contribution < -0.4 is 11.3 Å². The van der Waals surface area contributed by atoms with E-state index in [0.717, 1.165) is 64.8 Å². The van der Waals surface area contributed by atoms with E-state index in [-0.39, 0.29) is 5.56 Å². The molecule has 4 heterocycles. The Bertz CT molecular complexity index is 1550. The first-order valence-corrected chi connectivity index (χ1v) is 12.1. The van der Waals surface area contributed by atoms with E-state index in [2.05, 4.69) is 55.2 Å². The fraction of sp³-hybridized carbons (Fsp3) is 0.250. The van der Waals surface area contributed by atoms with Crippen molar-refractivity contribution in [3.05, 3.63) is 83.2 Å². The molecular weight excluding hydrogens is 436 g/mol. The van der Waals surface area contributed by atoms with Gasteiger partial charge in [0.15, 0.2) is 0 Å². The zero-order valence-corrected chi connectivity index (χ0v) is 19.5. The topological polar surface area (TPSA) is 104 Å². The quantitative estimate of drug-likeness (QED) is 0.360. The van der Waals surface area contributed by atoms with Gasteiger partial charge in [-0.3, -0.25) is 9.69 Å². The molecule has 5 aromatic rings. The second-order valence-corrected chi connectivity index (χ2v) is 9.50. The Morgan fingerprint density at radius 1 is 0.886 bits per heavy atom. The third-order valence-electron chi connectivity index (χ3n) is 7.16. The van der Waals surface area contributed by atoms with Gasteiger partial charge in [-0.25, -0.2) is 9.97 Å². The van der Waals surface area contributed by atoms with Gasteiger partial charge in [0.1, 0.15) is 6.33 Å². The summed E-state index contributed by atoms with van der Waals surface area (Å²) < 4.78 is 0. The number of likely N-dealkylation sites (tertiary alicyclic amines) is 1. The molecule has 1 fully saturated rings. The molecule has 0 spiro atoms. The smallest absolute Gasteiger partial charge is 0.257 e. The molecule has 7 nitrogen and oxygen atoms in total. The molecule has 1 saturated heterocycles. The lowest BCUT2D eigenvalue weighted by Gasteiger charge is -2.31. The molecule has 2 aromatic carbocycles. The van der Waals surface area contributed by atoms with Crippen molar-refractivity contribution in [2.75, 3.05) is 19.6 Å². The number of H-pyrrole nitrogens is 2. The summed E-state index contributed by atoms with van der Waals surface area (Å²) in [6.45, 7) is 3.93. The minimum absolute atomic E-state index is 0.108. The van der Waals surface area contributed by atoms with Crippen LogP contribution >= 0.6 is 0 Å². The molecule has 3 aromatic heterocycles.